The van der Waals surface area contributed by atoms with E-state index in [0.29, 0.717) is 30.2 Å². The predicted molar refractivity (Wildman–Crippen MR) is 598 cm³/mol. The third-order valence-corrected chi connectivity index (χ3v) is 83.5. The molecular formula is C121H190OSi7. The van der Waals surface area contributed by atoms with E-state index in [1.54, 1.807) is 48.6 Å². The molecule has 708 valence electrons. The zero-order valence-corrected chi connectivity index (χ0v) is 95.0. The number of fused-ring (bicyclic) bond motifs is 6. The highest BCUT2D eigenvalue weighted by molar-refractivity contribution is 7.08. The largest absolute Gasteiger partial charge is 0.385 e. The van der Waals surface area contributed by atoms with Gasteiger partial charge in [0.05, 0.1) is 24.2 Å². The molecule has 8 aromatic rings. The molecule has 129 heavy (non-hydrogen) atoms. The molecule has 0 bridgehead atoms. The first kappa shape index (κ1) is 106. The highest BCUT2D eigenvalue weighted by Crippen LogP contribution is 2.62. The van der Waals surface area contributed by atoms with Crippen molar-refractivity contribution >= 4 is 98.0 Å². The van der Waals surface area contributed by atoms with Crippen LogP contribution in [0.5, 0.6) is 0 Å². The first-order chi connectivity index (χ1) is 61.2. The Hall–Kier alpha value is -4.76. The van der Waals surface area contributed by atoms with Crippen LogP contribution in [0, 0.1) is 0 Å². The molecular weight excluding hydrogens is 1670 g/mol. The molecule has 7 fully saturated rings. The van der Waals surface area contributed by atoms with Crippen molar-refractivity contribution in [2.24, 2.45) is 0 Å². The normalized spacial score (nSPS) is 20.6. The fourth-order valence-electron chi connectivity index (χ4n) is 28.3. The number of hydrogen-bond donors (Lipinski definition) is 0. The Labute approximate surface area is 802 Å². The molecule has 0 spiro atoms. The molecule has 2 aliphatic heterocycles. The zero-order chi connectivity index (χ0) is 93.9. The number of benzene rings is 8. The summed E-state index contributed by atoms with van der Waals surface area (Å²) < 4.78 is 4.54. The maximum atomic E-state index is 4.54. The van der Waals surface area contributed by atoms with Gasteiger partial charge < -0.3 is 4.74 Å². The van der Waals surface area contributed by atoms with Gasteiger partial charge in [-0.3, -0.25) is 0 Å². The molecule has 8 heteroatoms. The average Bonchev–Trinajstić information content (AvgIpc) is 1.54. The summed E-state index contributed by atoms with van der Waals surface area (Å²) in [5.41, 5.74) is 9.81. The van der Waals surface area contributed by atoms with Crippen LogP contribution in [0.3, 0.4) is 0 Å². The van der Waals surface area contributed by atoms with Gasteiger partial charge in [-0.05, 0) is 137 Å². The van der Waals surface area contributed by atoms with Gasteiger partial charge in [0.1, 0.15) is 32.3 Å². The monoisotopic (exact) mass is 1860 g/mol. The van der Waals surface area contributed by atoms with Crippen molar-refractivity contribution in [1.29, 1.82) is 0 Å². The van der Waals surface area contributed by atoms with Crippen LogP contribution >= 0.6 is 0 Å². The molecule has 9 aliphatic rings. The molecule has 0 unspecified atom stereocenters. The molecule has 1 nitrogen and oxygen atoms in total. The van der Waals surface area contributed by atoms with Crippen molar-refractivity contribution in [1.82, 2.24) is 0 Å². The van der Waals surface area contributed by atoms with Crippen molar-refractivity contribution in [3.05, 3.63) is 218 Å². The van der Waals surface area contributed by atoms with Gasteiger partial charge >= 0.3 is 0 Å². The number of hydrogen-bond acceptors (Lipinski definition) is 1. The van der Waals surface area contributed by atoms with Gasteiger partial charge in [0, 0.05) is 13.7 Å². The summed E-state index contributed by atoms with van der Waals surface area (Å²) in [6.07, 6.45) is 50.6. The summed E-state index contributed by atoms with van der Waals surface area (Å²) in [7, 11) is -8.21. The quantitative estimate of drug-likeness (QED) is 0.0876. The number of ether oxygens (including phenoxy) is 1. The molecule has 0 N–H and O–H groups in total. The van der Waals surface area contributed by atoms with Crippen LogP contribution in [0.1, 0.15) is 336 Å². The Morgan fingerprint density at radius 2 is 0.419 bits per heavy atom. The van der Waals surface area contributed by atoms with Crippen LogP contribution in [0.15, 0.2) is 218 Å². The van der Waals surface area contributed by atoms with Gasteiger partial charge in [0.2, 0.25) is 0 Å². The maximum Gasteiger partial charge on any atom is 0.122 e. The molecule has 0 radical (unpaired) electrons. The first-order valence-electron chi connectivity index (χ1n) is 53.3. The minimum Gasteiger partial charge on any atom is -0.385 e. The lowest BCUT2D eigenvalue weighted by Gasteiger charge is -2.53. The second kappa shape index (κ2) is 45.9. The van der Waals surface area contributed by atoms with E-state index >= 15 is 0 Å². The van der Waals surface area contributed by atoms with Crippen LogP contribution in [-0.2, 0) is 4.74 Å². The van der Waals surface area contributed by atoms with Gasteiger partial charge in [-0.2, -0.15) is 0 Å². The van der Waals surface area contributed by atoms with Crippen LogP contribution in [0.2, 0.25) is 116 Å². The highest BCUT2D eigenvalue weighted by Gasteiger charge is 2.58. The third kappa shape index (κ3) is 22.3. The SMILES string of the molecule is CC(C)[Si](C)(C(C)C)C1(C)CCCCC1.CC(C)[Si](C)(C(C)C)C1(C)CCCCC1.CC1([Si](C)(C)C)CCCCC1.CC1([Si](C)(c2ccccc2)c2ccccc2)CCCCC1.CC1([Si](C)(c2ccccc2)c2ccccc2)CCCCC1.CC1([Si]2(C)c3ccccc3-c3ccccc32)CCCCC1.CC1([Si]2(C)c3ccccc3-c3ccccc32)CCCCC1.CCOC. The minimum absolute atomic E-state index is 0.480. The minimum atomic E-state index is -1.73. The maximum absolute atomic E-state index is 4.54. The van der Waals surface area contributed by atoms with Gasteiger partial charge in [0.15, 0.2) is 0 Å². The smallest absolute Gasteiger partial charge is 0.122 e. The lowest BCUT2D eigenvalue weighted by molar-refractivity contribution is 0.215. The van der Waals surface area contributed by atoms with Gasteiger partial charge in [0.25, 0.3) is 0 Å². The summed E-state index contributed by atoms with van der Waals surface area (Å²) >= 11 is 0. The molecule has 2 heterocycles. The zero-order valence-electron chi connectivity index (χ0n) is 88.0. The van der Waals surface area contributed by atoms with E-state index in [1.807, 2.05) is 6.92 Å². The van der Waals surface area contributed by atoms with E-state index in [1.165, 1.54) is 247 Å². The van der Waals surface area contributed by atoms with E-state index in [9.17, 15) is 0 Å². The van der Waals surface area contributed by atoms with Crippen molar-refractivity contribution < 1.29 is 4.74 Å². The van der Waals surface area contributed by atoms with Crippen molar-refractivity contribution in [2.45, 2.75) is 452 Å². The Balaban J connectivity index is 0.000000157. The predicted octanol–water partition coefficient (Wildman–Crippen LogP) is 34.3. The fourth-order valence-corrected chi connectivity index (χ4v) is 61.5. The standard InChI is InChI=1S/2C20H24Si.2C20H26Si.2C14H30Si.C10H22Si.C3H8O/c2*1-20(14-8-3-9-15-20)21(2)18-12-6-4-10-16(18)17-11-5-7-13-19(17)21;2*1-20(16-10-5-11-17-20)21(2,18-12-6-3-7-13-18)19-14-8-4-9-15-19;2*1-12(2)15(6,13(3)4)14(5)10-8-7-9-11-14;1-10(11(2,3)4)8-6-5-7-9-10;1-3-4-2/h2*4-7,10-13H,3,8-9,14-15H2,1-2H3;2*3-4,6-9,12-15H,5,10-11,16-17H2,1-2H3;2*12-13H,7-11H2,1-6H3;5-9H2,1-4H3;3H2,1-2H3. The number of methoxy groups -OCH3 is 1. The molecule has 0 aromatic heterocycles. The summed E-state index contributed by atoms with van der Waals surface area (Å²) in [4.78, 5) is 0. The third-order valence-electron chi connectivity index (χ3n) is 39.9. The van der Waals surface area contributed by atoms with Crippen molar-refractivity contribution in [2.75, 3.05) is 13.7 Å². The first-order valence-corrected chi connectivity index (χ1v) is 72.1. The van der Waals surface area contributed by atoms with Gasteiger partial charge in [-0.15, -0.1) is 0 Å². The lowest BCUT2D eigenvalue weighted by Crippen LogP contribution is -2.63. The molecule has 7 aliphatic carbocycles. The van der Waals surface area contributed by atoms with E-state index in [0.717, 1.165) is 33.8 Å². The summed E-state index contributed by atoms with van der Waals surface area (Å²) in [5, 5.41) is 17.3. The molecule has 7 saturated carbocycles. The average molecular weight is 1860 g/mol. The van der Waals surface area contributed by atoms with E-state index < -0.39 is 56.5 Å². The Bertz CT molecular complexity index is 4110. The molecule has 8 aromatic carbocycles. The molecule has 17 rings (SSSR count). The molecule has 0 amide bonds. The summed E-state index contributed by atoms with van der Waals surface area (Å²) in [5.74, 6) is 0. The van der Waals surface area contributed by atoms with Crippen molar-refractivity contribution in [3.8, 4) is 22.3 Å². The second-order valence-electron chi connectivity index (χ2n) is 48.0. The van der Waals surface area contributed by atoms with Gasteiger partial charge in [-0.1, -0.05) is 597 Å². The Kier molecular flexibility index (Phi) is 37.8. The van der Waals surface area contributed by atoms with E-state index in [-0.39, 0.29) is 0 Å². The van der Waals surface area contributed by atoms with E-state index in [2.05, 4.69) is 386 Å². The second-order valence-corrected chi connectivity index (χ2v) is 84.2. The van der Waals surface area contributed by atoms with Crippen LogP contribution < -0.4 is 41.5 Å². The van der Waals surface area contributed by atoms with Crippen LogP contribution in [-0.4, -0.2) is 70.2 Å². The number of rotatable bonds is 16. The van der Waals surface area contributed by atoms with Crippen LogP contribution in [0.4, 0.5) is 0 Å². The Morgan fingerprint density at radius 1 is 0.248 bits per heavy atom. The van der Waals surface area contributed by atoms with Crippen molar-refractivity contribution in [3.63, 3.8) is 0 Å². The topological polar surface area (TPSA) is 9.23 Å². The van der Waals surface area contributed by atoms with Gasteiger partial charge in [-0.25, -0.2) is 0 Å². The molecule has 0 saturated heterocycles. The highest BCUT2D eigenvalue weighted by atomic mass is 28.3. The summed E-state index contributed by atoms with van der Waals surface area (Å²) in [6.45, 7) is 64.1. The van der Waals surface area contributed by atoms with Crippen LogP contribution in [0.25, 0.3) is 22.3 Å². The fraction of sp³-hybridized carbons (Fsp3) is 0.603. The Morgan fingerprint density at radius 3 is 0.597 bits per heavy atom. The summed E-state index contributed by atoms with van der Waals surface area (Å²) in [6, 6.07) is 82.3. The van der Waals surface area contributed by atoms with E-state index in [4.69, 9.17) is 0 Å². The molecule has 0 atom stereocenters. The lowest BCUT2D eigenvalue weighted by atomic mass is 9.90.